The molecular weight excluding hydrogens is 500 g/mol. The maximum absolute atomic E-state index is 10.7. The van der Waals surface area contributed by atoms with Crippen LogP contribution in [0.15, 0.2) is 33.5 Å². The molecule has 2 heterocycles. The average molecular weight is 522 g/mol. The highest BCUT2D eigenvalue weighted by atomic mass is 79.9. The first-order chi connectivity index (χ1) is 13.1. The van der Waals surface area contributed by atoms with Gasteiger partial charge in [0.15, 0.2) is 0 Å². The smallest absolute Gasteiger partial charge is 0.312 e. The third kappa shape index (κ3) is 8.78. The van der Waals surface area contributed by atoms with E-state index in [0.29, 0.717) is 22.5 Å². The van der Waals surface area contributed by atoms with Crippen molar-refractivity contribution in [3.8, 4) is 0 Å². The lowest BCUT2D eigenvalue weighted by atomic mass is 10.3. The second-order valence-corrected chi connectivity index (χ2v) is 7.66. The molecule has 154 valence electrons. The summed E-state index contributed by atoms with van der Waals surface area (Å²) in [5.41, 5.74) is 6.12. The number of nitrogens with zero attached hydrogens (tertiary/aromatic N) is 3. The third-order valence-electron chi connectivity index (χ3n) is 3.04. The molecule has 0 saturated heterocycles. The fourth-order valence-electron chi connectivity index (χ4n) is 1.80. The Morgan fingerprint density at radius 2 is 1.54 bits per heavy atom. The van der Waals surface area contributed by atoms with Crippen molar-refractivity contribution in [2.75, 3.05) is 29.5 Å². The minimum absolute atomic E-state index is 0.120. The van der Waals surface area contributed by atoms with E-state index in [-0.39, 0.29) is 18.1 Å². The zero-order valence-corrected chi connectivity index (χ0v) is 18.4. The van der Waals surface area contributed by atoms with Crippen LogP contribution in [-0.2, 0) is 0 Å². The van der Waals surface area contributed by atoms with E-state index in [1.165, 1.54) is 12.3 Å². The molecule has 2 atom stereocenters. The summed E-state index contributed by atoms with van der Waals surface area (Å²) in [6.45, 7) is 3.94. The largest absolute Gasteiger partial charge is 0.396 e. The monoisotopic (exact) mass is 520 g/mol. The second-order valence-electron chi connectivity index (χ2n) is 5.83. The summed E-state index contributed by atoms with van der Waals surface area (Å²) in [5.74, 6) is 0.758. The molecule has 0 amide bonds. The highest BCUT2D eigenvalue weighted by molar-refractivity contribution is 9.10. The third-order valence-corrected chi connectivity index (χ3v) is 3.91. The van der Waals surface area contributed by atoms with Gasteiger partial charge in [-0.25, -0.2) is 9.97 Å². The van der Waals surface area contributed by atoms with Gasteiger partial charge < -0.3 is 26.6 Å². The number of aromatic nitrogens is 2. The zero-order valence-electron chi connectivity index (χ0n) is 15.3. The van der Waals surface area contributed by atoms with Crippen molar-refractivity contribution in [3.63, 3.8) is 0 Å². The first-order valence-corrected chi connectivity index (χ1v) is 9.73. The summed E-state index contributed by atoms with van der Waals surface area (Å²) < 4.78 is 1.38. The number of nitrogens with one attached hydrogen (secondary N) is 2. The Balaban J connectivity index is 0.000000283. The van der Waals surface area contributed by atoms with E-state index in [2.05, 4.69) is 52.5 Å². The molecule has 0 aromatic carbocycles. The number of aliphatic hydroxyl groups is 2. The van der Waals surface area contributed by atoms with Crippen molar-refractivity contribution < 1.29 is 15.1 Å². The van der Waals surface area contributed by atoms with Crippen LogP contribution in [-0.4, -0.2) is 50.4 Å². The number of aliphatic hydroxyl groups excluding tert-OH is 2. The van der Waals surface area contributed by atoms with E-state index in [1.807, 2.05) is 0 Å². The predicted molar refractivity (Wildman–Crippen MR) is 115 cm³/mol. The Bertz CT molecular complexity index is 792. The van der Waals surface area contributed by atoms with Crippen LogP contribution >= 0.6 is 31.9 Å². The van der Waals surface area contributed by atoms with Crippen LogP contribution in [0.3, 0.4) is 0 Å². The van der Waals surface area contributed by atoms with E-state index in [9.17, 15) is 10.1 Å². The number of pyridine rings is 2. The second kappa shape index (κ2) is 11.7. The molecule has 0 aliphatic carbocycles. The molecule has 28 heavy (non-hydrogen) atoms. The summed E-state index contributed by atoms with van der Waals surface area (Å²) in [6.07, 6.45) is 2.11. The lowest BCUT2D eigenvalue weighted by Gasteiger charge is -2.09. The number of nitrogen functional groups attached to an aromatic ring is 1. The molecule has 10 nitrogen and oxygen atoms in total. The van der Waals surface area contributed by atoms with E-state index < -0.39 is 17.1 Å². The highest BCUT2D eigenvalue weighted by Gasteiger charge is 2.15. The van der Waals surface area contributed by atoms with Crippen LogP contribution in [0.5, 0.6) is 0 Å². The fraction of sp³-hybridized carbons (Fsp3) is 0.375. The van der Waals surface area contributed by atoms with Gasteiger partial charge in [-0.2, -0.15) is 0 Å². The summed E-state index contributed by atoms with van der Waals surface area (Å²) in [5, 5.41) is 34.3. The maximum Gasteiger partial charge on any atom is 0.312 e. The number of rotatable bonds is 7. The molecule has 0 aliphatic rings. The van der Waals surface area contributed by atoms with Gasteiger partial charge in [0.1, 0.15) is 5.82 Å². The van der Waals surface area contributed by atoms with E-state index in [1.54, 1.807) is 26.1 Å². The molecule has 2 aromatic heterocycles. The normalized spacial score (nSPS) is 12.4. The Morgan fingerprint density at radius 1 is 1.07 bits per heavy atom. The topological polar surface area (TPSA) is 159 Å². The van der Waals surface area contributed by atoms with E-state index in [0.717, 1.165) is 4.47 Å². The van der Waals surface area contributed by atoms with Crippen LogP contribution in [0.1, 0.15) is 13.8 Å². The van der Waals surface area contributed by atoms with Gasteiger partial charge in [-0.1, -0.05) is 0 Å². The first kappa shape index (κ1) is 24.0. The summed E-state index contributed by atoms with van der Waals surface area (Å²) >= 11 is 6.36. The standard InChI is InChI=1S/C8H10BrN3O3.C8H12BrN3O/c1-5(13)3-10-8-7(12(14)15)2-6(9)4-11-8;1-5(13)3-11-8-7(10)2-6(9)4-12-8/h2,4-5,13H,3H2,1H3,(H,10,11);2,4-5,13H,3,10H2,1H3,(H,11,12). The number of nitro groups is 1. The van der Waals surface area contributed by atoms with Gasteiger partial charge in [0, 0.05) is 40.5 Å². The maximum atomic E-state index is 10.7. The summed E-state index contributed by atoms with van der Waals surface area (Å²) in [7, 11) is 0. The van der Waals surface area contributed by atoms with Crippen molar-refractivity contribution in [2.24, 2.45) is 0 Å². The van der Waals surface area contributed by atoms with Gasteiger partial charge in [-0.3, -0.25) is 10.1 Å². The van der Waals surface area contributed by atoms with Crippen LogP contribution in [0, 0.1) is 10.1 Å². The number of anilines is 3. The van der Waals surface area contributed by atoms with E-state index >= 15 is 0 Å². The average Bonchev–Trinajstić information content (AvgIpc) is 2.60. The lowest BCUT2D eigenvalue weighted by molar-refractivity contribution is -0.384. The van der Waals surface area contributed by atoms with Crippen molar-refractivity contribution in [3.05, 3.63) is 43.6 Å². The van der Waals surface area contributed by atoms with Crippen LogP contribution in [0.25, 0.3) is 0 Å². The van der Waals surface area contributed by atoms with Crippen LogP contribution in [0.2, 0.25) is 0 Å². The Hall–Kier alpha value is -2.02. The van der Waals surface area contributed by atoms with Gasteiger partial charge >= 0.3 is 5.69 Å². The molecule has 0 spiro atoms. The van der Waals surface area contributed by atoms with Gasteiger partial charge in [-0.05, 0) is 51.8 Å². The molecular formula is C16H22Br2N6O4. The lowest BCUT2D eigenvalue weighted by Crippen LogP contribution is -2.16. The van der Waals surface area contributed by atoms with Crippen molar-refractivity contribution >= 4 is 54.9 Å². The van der Waals surface area contributed by atoms with Crippen molar-refractivity contribution in [2.45, 2.75) is 26.1 Å². The van der Waals surface area contributed by atoms with Crippen molar-refractivity contribution in [1.82, 2.24) is 9.97 Å². The number of halogens is 2. The predicted octanol–water partition coefficient (Wildman–Crippen LogP) is 2.76. The van der Waals surface area contributed by atoms with Crippen LogP contribution < -0.4 is 16.4 Å². The highest BCUT2D eigenvalue weighted by Crippen LogP contribution is 2.25. The van der Waals surface area contributed by atoms with E-state index in [4.69, 9.17) is 15.9 Å². The van der Waals surface area contributed by atoms with Gasteiger partial charge in [0.25, 0.3) is 0 Å². The molecule has 2 rings (SSSR count). The first-order valence-electron chi connectivity index (χ1n) is 8.15. The minimum atomic E-state index is -0.588. The molecule has 2 aromatic rings. The Morgan fingerprint density at radius 3 is 2.00 bits per heavy atom. The summed E-state index contributed by atoms with van der Waals surface area (Å²) in [4.78, 5) is 18.1. The number of hydrogen-bond donors (Lipinski definition) is 5. The van der Waals surface area contributed by atoms with Gasteiger partial charge in [-0.15, -0.1) is 0 Å². The molecule has 2 unspecified atom stereocenters. The number of hydrogen-bond acceptors (Lipinski definition) is 9. The molecule has 0 fully saturated rings. The molecule has 0 bridgehead atoms. The molecule has 6 N–H and O–H groups in total. The fourth-order valence-corrected chi connectivity index (χ4v) is 2.46. The zero-order chi connectivity index (χ0) is 21.3. The molecule has 0 radical (unpaired) electrons. The molecule has 0 aliphatic heterocycles. The Kier molecular flexibility index (Phi) is 10.1. The minimum Gasteiger partial charge on any atom is -0.396 e. The van der Waals surface area contributed by atoms with Crippen molar-refractivity contribution in [1.29, 1.82) is 0 Å². The quantitative estimate of drug-likeness (QED) is 0.272. The molecule has 0 saturated carbocycles. The number of nitrogens with two attached hydrogens (primary N) is 1. The van der Waals surface area contributed by atoms with Crippen LogP contribution in [0.4, 0.5) is 23.0 Å². The van der Waals surface area contributed by atoms with Gasteiger partial charge in [0.05, 0.1) is 22.8 Å². The SMILES string of the molecule is CC(O)CNc1ncc(Br)cc1N.CC(O)CNc1ncc(Br)cc1[N+](=O)[O-]. The summed E-state index contributed by atoms with van der Waals surface area (Å²) in [6, 6.07) is 3.12. The Labute approximate surface area is 179 Å². The van der Waals surface area contributed by atoms with Gasteiger partial charge in [0.2, 0.25) is 5.82 Å². The molecule has 12 heteroatoms.